The van der Waals surface area contributed by atoms with Gasteiger partial charge in [0.05, 0.1) is 11.6 Å². The topological polar surface area (TPSA) is 95.2 Å². The van der Waals surface area contributed by atoms with Gasteiger partial charge in [-0.25, -0.2) is 4.79 Å². The van der Waals surface area contributed by atoms with Crippen LogP contribution in [0, 0.1) is 11.3 Å². The molecule has 0 saturated carbocycles. The van der Waals surface area contributed by atoms with Gasteiger partial charge in [0.15, 0.2) is 0 Å². The van der Waals surface area contributed by atoms with Crippen molar-refractivity contribution in [2.45, 2.75) is 13.5 Å². The number of imide groups is 2. The number of aromatic nitrogens is 1. The van der Waals surface area contributed by atoms with Crippen molar-refractivity contribution in [3.8, 4) is 6.07 Å². The van der Waals surface area contributed by atoms with Crippen molar-refractivity contribution >= 4 is 34.8 Å². The molecule has 30 heavy (non-hydrogen) atoms. The lowest BCUT2D eigenvalue weighted by atomic mass is 10.1. The monoisotopic (exact) mass is 398 g/mol. The summed E-state index contributed by atoms with van der Waals surface area (Å²) >= 11 is 0. The van der Waals surface area contributed by atoms with Gasteiger partial charge in [0.1, 0.15) is 5.57 Å². The standard InChI is InChI=1S/C23H18N4O3/c1-2-27-22(29)19(21(28)25-23(27)30)11-17-14-26(20-10-6-5-9-18(17)20)13-16-8-4-3-7-15(16)12-24/h3-11,14H,2,13H2,1H3,(H,25,28,30)/b19-11+. The number of barbiturate groups is 1. The smallest absolute Gasteiger partial charge is 0.331 e. The summed E-state index contributed by atoms with van der Waals surface area (Å²) in [5, 5.41) is 12.4. The summed E-state index contributed by atoms with van der Waals surface area (Å²) in [5.74, 6) is -1.32. The zero-order chi connectivity index (χ0) is 21.3. The molecule has 1 aromatic heterocycles. The first-order valence-corrected chi connectivity index (χ1v) is 9.48. The SMILES string of the molecule is CCN1C(=O)NC(=O)/C(=C\c2cn(Cc3ccccc3C#N)c3ccccc23)C1=O. The third kappa shape index (κ3) is 3.25. The van der Waals surface area contributed by atoms with Gasteiger partial charge in [-0.05, 0) is 30.7 Å². The second-order valence-corrected chi connectivity index (χ2v) is 6.87. The highest BCUT2D eigenvalue weighted by Crippen LogP contribution is 2.26. The minimum Gasteiger partial charge on any atom is -0.342 e. The molecule has 0 bridgehead atoms. The van der Waals surface area contributed by atoms with Gasteiger partial charge in [-0.3, -0.25) is 19.8 Å². The number of carbonyl (C=O) groups is 3. The highest BCUT2D eigenvalue weighted by Gasteiger charge is 2.34. The Hall–Kier alpha value is -4.18. The minimum atomic E-state index is -0.708. The summed E-state index contributed by atoms with van der Waals surface area (Å²) in [4.78, 5) is 37.8. The molecular weight excluding hydrogens is 380 g/mol. The van der Waals surface area contributed by atoms with Crippen molar-refractivity contribution < 1.29 is 14.4 Å². The summed E-state index contributed by atoms with van der Waals surface area (Å²) in [5.41, 5.74) is 2.97. The van der Waals surface area contributed by atoms with Crippen molar-refractivity contribution in [3.63, 3.8) is 0 Å². The highest BCUT2D eigenvalue weighted by molar-refractivity contribution is 6.31. The number of nitrogens with one attached hydrogen (secondary N) is 1. The number of para-hydroxylation sites is 1. The second-order valence-electron chi connectivity index (χ2n) is 6.87. The van der Waals surface area contributed by atoms with E-state index in [9.17, 15) is 19.6 Å². The van der Waals surface area contributed by atoms with Crippen LogP contribution in [0.5, 0.6) is 0 Å². The third-order valence-corrected chi connectivity index (χ3v) is 5.10. The van der Waals surface area contributed by atoms with Crippen molar-refractivity contribution in [2.24, 2.45) is 0 Å². The van der Waals surface area contributed by atoms with E-state index in [2.05, 4.69) is 11.4 Å². The normalized spacial score (nSPS) is 15.5. The zero-order valence-corrected chi connectivity index (χ0v) is 16.3. The maximum atomic E-state index is 12.6. The van der Waals surface area contributed by atoms with Gasteiger partial charge in [0, 0.05) is 35.8 Å². The summed E-state index contributed by atoms with van der Waals surface area (Å²) in [6, 6.07) is 16.5. The van der Waals surface area contributed by atoms with Gasteiger partial charge < -0.3 is 4.57 Å². The van der Waals surface area contributed by atoms with Crippen LogP contribution in [-0.4, -0.2) is 33.9 Å². The van der Waals surface area contributed by atoms with Crippen molar-refractivity contribution in [3.05, 3.63) is 77.0 Å². The largest absolute Gasteiger partial charge is 0.342 e. The molecule has 148 valence electrons. The van der Waals surface area contributed by atoms with E-state index in [1.165, 1.54) is 6.08 Å². The van der Waals surface area contributed by atoms with Gasteiger partial charge in [0.25, 0.3) is 11.8 Å². The fourth-order valence-electron chi connectivity index (χ4n) is 3.61. The second kappa shape index (κ2) is 7.68. The molecule has 7 nitrogen and oxygen atoms in total. The molecule has 0 aliphatic carbocycles. The number of nitriles is 1. The number of likely N-dealkylation sites (N-methyl/N-ethyl adjacent to an activating group) is 1. The molecule has 3 aromatic rings. The Morgan fingerprint density at radius 1 is 1.07 bits per heavy atom. The number of hydrogen-bond acceptors (Lipinski definition) is 4. The Balaban J connectivity index is 1.80. The van der Waals surface area contributed by atoms with E-state index in [1.54, 1.807) is 13.0 Å². The quantitative estimate of drug-likeness (QED) is 0.540. The number of nitrogens with zero attached hydrogens (tertiary/aromatic N) is 3. The summed E-state index contributed by atoms with van der Waals surface area (Å²) in [6.45, 7) is 2.30. The molecule has 7 heteroatoms. The van der Waals surface area contributed by atoms with Gasteiger partial charge in [-0.15, -0.1) is 0 Å². The van der Waals surface area contributed by atoms with Crippen LogP contribution in [0.1, 0.15) is 23.6 Å². The van der Waals surface area contributed by atoms with Gasteiger partial charge in [-0.1, -0.05) is 36.4 Å². The number of rotatable bonds is 4. The molecule has 0 spiro atoms. The molecule has 1 N–H and O–H groups in total. The van der Waals surface area contributed by atoms with Crippen LogP contribution in [0.25, 0.3) is 17.0 Å². The first kappa shape index (κ1) is 19.2. The maximum absolute atomic E-state index is 12.6. The summed E-state index contributed by atoms with van der Waals surface area (Å²) in [7, 11) is 0. The first-order valence-electron chi connectivity index (χ1n) is 9.48. The fraction of sp³-hybridized carbons (Fsp3) is 0.130. The average molecular weight is 398 g/mol. The summed E-state index contributed by atoms with van der Waals surface area (Å²) < 4.78 is 1.98. The molecule has 4 amide bonds. The Kier molecular flexibility index (Phi) is 4.90. The molecule has 2 aromatic carbocycles. The van der Waals surface area contributed by atoms with Crippen LogP contribution in [-0.2, 0) is 16.1 Å². The van der Waals surface area contributed by atoms with Crippen LogP contribution < -0.4 is 5.32 Å². The summed E-state index contributed by atoms with van der Waals surface area (Å²) in [6.07, 6.45) is 3.36. The van der Waals surface area contributed by atoms with Crippen LogP contribution in [0.2, 0.25) is 0 Å². The Morgan fingerprint density at radius 2 is 1.80 bits per heavy atom. The van der Waals surface area contributed by atoms with Crippen molar-refractivity contribution in [2.75, 3.05) is 6.54 Å². The Labute approximate surface area is 172 Å². The van der Waals surface area contributed by atoms with E-state index in [-0.39, 0.29) is 12.1 Å². The molecule has 0 atom stereocenters. The minimum absolute atomic E-state index is 0.0863. The predicted octanol–water partition coefficient (Wildman–Crippen LogP) is 3.04. The van der Waals surface area contributed by atoms with Crippen LogP contribution in [0.3, 0.4) is 0 Å². The van der Waals surface area contributed by atoms with Crippen molar-refractivity contribution in [1.82, 2.24) is 14.8 Å². The van der Waals surface area contributed by atoms with Crippen molar-refractivity contribution in [1.29, 1.82) is 5.26 Å². The maximum Gasteiger partial charge on any atom is 0.331 e. The van der Waals surface area contributed by atoms with Gasteiger partial charge >= 0.3 is 6.03 Å². The number of hydrogen-bond donors (Lipinski definition) is 1. The molecule has 2 heterocycles. The third-order valence-electron chi connectivity index (χ3n) is 5.10. The highest BCUT2D eigenvalue weighted by atomic mass is 16.2. The first-order chi connectivity index (χ1) is 14.5. The number of fused-ring (bicyclic) bond motifs is 1. The van der Waals surface area contributed by atoms with E-state index in [1.807, 2.05) is 53.2 Å². The molecule has 0 unspecified atom stereocenters. The molecule has 4 rings (SSSR count). The van der Waals surface area contributed by atoms with E-state index < -0.39 is 17.8 Å². The molecule has 1 aliphatic rings. The number of benzene rings is 2. The lowest BCUT2D eigenvalue weighted by Crippen LogP contribution is -2.53. The molecule has 0 radical (unpaired) electrons. The number of urea groups is 1. The van der Waals surface area contributed by atoms with Crippen LogP contribution >= 0.6 is 0 Å². The zero-order valence-electron chi connectivity index (χ0n) is 16.3. The molecule has 1 fully saturated rings. The Bertz CT molecular complexity index is 1260. The average Bonchev–Trinajstić information content (AvgIpc) is 3.09. The number of amides is 4. The van der Waals surface area contributed by atoms with Gasteiger partial charge in [0.2, 0.25) is 0 Å². The lowest BCUT2D eigenvalue weighted by Gasteiger charge is -2.24. The number of carbonyl (C=O) groups excluding carboxylic acids is 3. The van der Waals surface area contributed by atoms with E-state index >= 15 is 0 Å². The molecule has 1 aliphatic heterocycles. The molecule has 1 saturated heterocycles. The van der Waals surface area contributed by atoms with Gasteiger partial charge in [-0.2, -0.15) is 5.26 Å². The van der Waals surface area contributed by atoms with Crippen LogP contribution in [0.4, 0.5) is 4.79 Å². The van der Waals surface area contributed by atoms with E-state index in [0.717, 1.165) is 21.4 Å². The fourth-order valence-corrected chi connectivity index (χ4v) is 3.61. The predicted molar refractivity (Wildman–Crippen MR) is 111 cm³/mol. The lowest BCUT2D eigenvalue weighted by molar-refractivity contribution is -0.129. The van der Waals surface area contributed by atoms with Crippen LogP contribution in [0.15, 0.2) is 60.3 Å². The van der Waals surface area contributed by atoms with E-state index in [4.69, 9.17) is 0 Å². The van der Waals surface area contributed by atoms with E-state index in [0.29, 0.717) is 17.7 Å². The Morgan fingerprint density at radius 3 is 2.57 bits per heavy atom. The molecular formula is C23H18N4O3.